The Balaban J connectivity index is 0.000000305. The molecule has 1 aromatic heterocycles. The zero-order valence-electron chi connectivity index (χ0n) is 33.0. The average Bonchev–Trinajstić information content (AvgIpc) is 3.10. The number of hydrogen-bond acceptors (Lipinski definition) is 4. The van der Waals surface area contributed by atoms with Crippen molar-refractivity contribution in [2.75, 3.05) is 0 Å². The Morgan fingerprint density at radius 3 is 2.21 bits per heavy atom. The van der Waals surface area contributed by atoms with Crippen molar-refractivity contribution in [3.8, 4) is 11.3 Å². The number of aryl methyl sites for hydroxylation is 1. The Hall–Kier alpha value is -2.98. The molecule has 1 aliphatic rings. The molecule has 0 bridgehead atoms. The van der Waals surface area contributed by atoms with Crippen LogP contribution < -0.4 is 0 Å². The third kappa shape index (κ3) is 8.86. The molecular formula is C47H58IrNO2S-. The van der Waals surface area contributed by atoms with Gasteiger partial charge in [-0.2, -0.15) is 0 Å². The Kier molecular flexibility index (Phi) is 14.0. The van der Waals surface area contributed by atoms with Gasteiger partial charge in [0.05, 0.1) is 0 Å². The van der Waals surface area contributed by atoms with E-state index in [1.165, 1.54) is 71.3 Å². The fourth-order valence-electron chi connectivity index (χ4n) is 7.27. The minimum Gasteiger partial charge on any atom is -0.512 e. The molecule has 0 amide bonds. The maximum absolute atomic E-state index is 11.9. The third-order valence-electron chi connectivity index (χ3n) is 11.0. The molecule has 3 nitrogen and oxygen atoms in total. The summed E-state index contributed by atoms with van der Waals surface area (Å²) < 4.78 is 0. The van der Waals surface area contributed by atoms with Crippen LogP contribution in [0.1, 0.15) is 112 Å². The SMILES string of the molecule is CC(C)CCc1c2c([c-]c3ccccc13)-c1nccc3c1c(cc1c(CC(C)(C)C)cccc13)S2.CCC(CC)C(=O)/C=C(\O)C(C)(CC)CC.[Ir]. The van der Waals surface area contributed by atoms with Crippen LogP contribution in [0.3, 0.4) is 0 Å². The van der Waals surface area contributed by atoms with E-state index < -0.39 is 0 Å². The van der Waals surface area contributed by atoms with Crippen molar-refractivity contribution in [2.45, 2.75) is 124 Å². The summed E-state index contributed by atoms with van der Waals surface area (Å²) in [4.78, 5) is 19.5. The largest absolute Gasteiger partial charge is 0.512 e. The molecule has 1 radical (unpaired) electrons. The normalized spacial score (nSPS) is 13.0. The van der Waals surface area contributed by atoms with Crippen LogP contribution in [0, 0.1) is 28.7 Å². The van der Waals surface area contributed by atoms with Gasteiger partial charge in [0, 0.05) is 54.3 Å². The quantitative estimate of drug-likeness (QED) is 0.0609. The van der Waals surface area contributed by atoms with E-state index in [4.69, 9.17) is 4.98 Å². The van der Waals surface area contributed by atoms with Crippen LogP contribution in [-0.2, 0) is 37.7 Å². The minimum absolute atomic E-state index is 0. The topological polar surface area (TPSA) is 50.2 Å². The van der Waals surface area contributed by atoms with E-state index in [-0.39, 0.29) is 48.4 Å². The van der Waals surface area contributed by atoms with Gasteiger partial charge in [0.25, 0.3) is 0 Å². The van der Waals surface area contributed by atoms with Gasteiger partial charge in [-0.05, 0) is 100 Å². The second-order valence-electron chi connectivity index (χ2n) is 16.3. The van der Waals surface area contributed by atoms with Crippen molar-refractivity contribution in [1.29, 1.82) is 0 Å². The summed E-state index contributed by atoms with van der Waals surface area (Å²) in [5.74, 6) is 1.03. The third-order valence-corrected chi connectivity index (χ3v) is 12.2. The molecule has 1 N–H and O–H groups in total. The molecule has 0 fully saturated rings. The molecule has 0 spiro atoms. The van der Waals surface area contributed by atoms with Gasteiger partial charge in [-0.1, -0.05) is 122 Å². The molecule has 0 saturated carbocycles. The standard InChI is InChI=1S/C33H32NS.C14H26O2.Ir/c1-20(2)13-14-26-23-11-7-6-9-21(23)17-28-31-30-25(15-16-34-31)24-12-8-10-22(19-33(3,4)5)27(24)18-29(30)35-32(26)28;1-6-11(7-2)12(15)10-13(16)14(5,8-3)9-4;/h6-12,15-16,18,20H,13-14,19H2,1-5H3;10-11,16H,6-9H2,1-5H3;/q-1;;/b;13-10-;. The van der Waals surface area contributed by atoms with E-state index in [1.54, 1.807) is 0 Å². The fraction of sp³-hybridized carbons (Fsp3) is 0.447. The maximum Gasteiger partial charge on any atom is 0.162 e. The maximum atomic E-state index is 11.9. The predicted molar refractivity (Wildman–Crippen MR) is 220 cm³/mol. The van der Waals surface area contributed by atoms with Crippen LogP contribution in [0.4, 0.5) is 0 Å². The molecule has 5 aromatic rings. The first-order valence-corrected chi connectivity index (χ1v) is 20.0. The molecule has 279 valence electrons. The predicted octanol–water partition coefficient (Wildman–Crippen LogP) is 13.9. The van der Waals surface area contributed by atoms with E-state index in [2.05, 4.69) is 95.3 Å². The number of rotatable bonds is 11. The smallest absolute Gasteiger partial charge is 0.162 e. The number of aliphatic hydroxyl groups excluding tert-OH is 1. The van der Waals surface area contributed by atoms with Crippen molar-refractivity contribution in [2.24, 2.45) is 22.7 Å². The summed E-state index contributed by atoms with van der Waals surface area (Å²) in [6, 6.07) is 24.0. The van der Waals surface area contributed by atoms with Gasteiger partial charge in [0.2, 0.25) is 0 Å². The number of pyridine rings is 1. The van der Waals surface area contributed by atoms with Gasteiger partial charge in [-0.15, -0.1) is 29.3 Å². The number of allylic oxidation sites excluding steroid dienone is 2. The summed E-state index contributed by atoms with van der Waals surface area (Å²) in [6.07, 6.45) is 10.1. The second kappa shape index (κ2) is 17.4. The molecular weight excluding hydrogens is 835 g/mol. The summed E-state index contributed by atoms with van der Waals surface area (Å²) in [5, 5.41) is 17.9. The number of carbonyl (C=O) groups is 1. The number of benzene rings is 4. The Bertz CT molecular complexity index is 2060. The minimum atomic E-state index is -0.248. The van der Waals surface area contributed by atoms with Crippen molar-refractivity contribution >= 4 is 49.9 Å². The Morgan fingerprint density at radius 2 is 1.58 bits per heavy atom. The summed E-state index contributed by atoms with van der Waals surface area (Å²) in [6.45, 7) is 21.7. The van der Waals surface area contributed by atoms with Gasteiger partial charge in [0.15, 0.2) is 5.78 Å². The van der Waals surface area contributed by atoms with Crippen LogP contribution >= 0.6 is 11.8 Å². The number of nitrogens with zero attached hydrogens (tertiary/aromatic N) is 1. The van der Waals surface area contributed by atoms with Crippen LogP contribution in [0.2, 0.25) is 0 Å². The number of ketones is 1. The van der Waals surface area contributed by atoms with E-state index in [1.807, 2.05) is 52.6 Å². The monoisotopic (exact) mass is 893 g/mol. The molecule has 4 aromatic carbocycles. The molecule has 6 rings (SSSR count). The van der Waals surface area contributed by atoms with E-state index in [0.717, 1.165) is 44.2 Å². The molecule has 2 heterocycles. The molecule has 0 unspecified atom stereocenters. The van der Waals surface area contributed by atoms with E-state index in [0.29, 0.717) is 5.92 Å². The van der Waals surface area contributed by atoms with Gasteiger partial charge in [0.1, 0.15) is 5.76 Å². The first-order valence-electron chi connectivity index (χ1n) is 19.2. The molecule has 52 heavy (non-hydrogen) atoms. The number of aromatic nitrogens is 1. The van der Waals surface area contributed by atoms with Crippen molar-refractivity contribution in [3.63, 3.8) is 0 Å². The van der Waals surface area contributed by atoms with Crippen LogP contribution in [-0.4, -0.2) is 15.9 Å². The van der Waals surface area contributed by atoms with E-state index >= 15 is 0 Å². The Labute approximate surface area is 330 Å². The first kappa shape index (κ1) is 41.8. The number of carbonyl (C=O) groups excluding carboxylic acids is 1. The number of hydrogen-bond donors (Lipinski definition) is 1. The van der Waals surface area contributed by atoms with Gasteiger partial charge in [-0.3, -0.25) is 9.78 Å². The van der Waals surface area contributed by atoms with Gasteiger partial charge in [-0.25, -0.2) is 0 Å². The van der Waals surface area contributed by atoms with Crippen LogP contribution in [0.15, 0.2) is 82.4 Å². The van der Waals surface area contributed by atoms with Gasteiger partial charge >= 0.3 is 0 Å². The van der Waals surface area contributed by atoms with Crippen molar-refractivity contribution in [3.05, 3.63) is 89.8 Å². The van der Waals surface area contributed by atoms with Crippen LogP contribution in [0.5, 0.6) is 0 Å². The molecule has 0 aliphatic carbocycles. The van der Waals surface area contributed by atoms with Crippen molar-refractivity contribution < 1.29 is 30.0 Å². The van der Waals surface area contributed by atoms with E-state index in [9.17, 15) is 9.90 Å². The Morgan fingerprint density at radius 1 is 0.904 bits per heavy atom. The van der Waals surface area contributed by atoms with Gasteiger partial charge < -0.3 is 5.11 Å². The number of aliphatic hydroxyl groups is 1. The second-order valence-corrected chi connectivity index (χ2v) is 17.4. The summed E-state index contributed by atoms with van der Waals surface area (Å²) >= 11 is 1.94. The molecule has 0 atom stereocenters. The zero-order valence-corrected chi connectivity index (χ0v) is 36.2. The molecule has 5 heteroatoms. The fourth-order valence-corrected chi connectivity index (χ4v) is 8.56. The average molecular weight is 893 g/mol. The molecule has 1 aliphatic heterocycles. The zero-order chi connectivity index (χ0) is 37.1. The van der Waals surface area contributed by atoms with Crippen molar-refractivity contribution in [1.82, 2.24) is 4.98 Å². The van der Waals surface area contributed by atoms with Crippen LogP contribution in [0.25, 0.3) is 43.6 Å². The first-order chi connectivity index (χ1) is 24.2. The number of fused-ring (bicyclic) bond motifs is 5. The summed E-state index contributed by atoms with van der Waals surface area (Å²) in [5.41, 5.74) is 5.15. The molecule has 0 saturated heterocycles. The summed E-state index contributed by atoms with van der Waals surface area (Å²) in [7, 11) is 0.